The van der Waals surface area contributed by atoms with Gasteiger partial charge in [0.2, 0.25) is 0 Å². The van der Waals surface area contributed by atoms with Gasteiger partial charge in [-0.3, -0.25) is 0 Å². The maximum atomic E-state index is 3.44. The average molecular weight is 258 g/mol. The maximum Gasteiger partial charge on any atom is 0.0402 e. The fourth-order valence-corrected chi connectivity index (χ4v) is 4.12. The van der Waals surface area contributed by atoms with Crippen LogP contribution in [0.5, 0.6) is 0 Å². The third kappa shape index (κ3) is 2.38. The second-order valence-corrected chi connectivity index (χ2v) is 6.55. The van der Waals surface area contributed by atoms with Gasteiger partial charge in [0, 0.05) is 30.2 Å². The lowest BCUT2D eigenvalue weighted by atomic mass is 9.85. The molecule has 0 aromatic heterocycles. The molecule has 2 nitrogen and oxygen atoms in total. The first-order chi connectivity index (χ1) is 9.24. The summed E-state index contributed by atoms with van der Waals surface area (Å²) < 4.78 is 0. The topological polar surface area (TPSA) is 15.3 Å². The number of rotatable bonds is 4. The Morgan fingerprint density at radius 1 is 1.26 bits per heavy atom. The summed E-state index contributed by atoms with van der Waals surface area (Å²) in [5, 5.41) is 3.44. The Labute approximate surface area is 117 Å². The van der Waals surface area contributed by atoms with E-state index < -0.39 is 0 Å². The molecule has 1 heterocycles. The third-order valence-electron chi connectivity index (χ3n) is 5.07. The van der Waals surface area contributed by atoms with Gasteiger partial charge in [-0.2, -0.15) is 0 Å². The maximum absolute atomic E-state index is 3.44. The Hall–Kier alpha value is -1.02. The van der Waals surface area contributed by atoms with Crippen molar-refractivity contribution in [2.24, 2.45) is 5.41 Å². The minimum Gasteiger partial charge on any atom is -0.368 e. The van der Waals surface area contributed by atoms with Gasteiger partial charge in [-0.1, -0.05) is 31.0 Å². The first-order valence-corrected chi connectivity index (χ1v) is 7.73. The quantitative estimate of drug-likeness (QED) is 0.892. The van der Waals surface area contributed by atoms with E-state index in [2.05, 4.69) is 48.5 Å². The van der Waals surface area contributed by atoms with Crippen LogP contribution in [0.3, 0.4) is 0 Å². The normalized spacial score (nSPS) is 24.7. The fourth-order valence-electron chi connectivity index (χ4n) is 4.12. The summed E-state index contributed by atoms with van der Waals surface area (Å²) in [5.74, 6) is 0. The predicted molar refractivity (Wildman–Crippen MR) is 81.8 cm³/mol. The van der Waals surface area contributed by atoms with E-state index in [-0.39, 0.29) is 0 Å². The number of hydrogen-bond donors (Lipinski definition) is 1. The molecule has 3 rings (SSSR count). The zero-order valence-electron chi connectivity index (χ0n) is 12.3. The molecule has 104 valence electrons. The molecule has 1 fully saturated rings. The molecule has 1 aromatic carbocycles. The molecule has 1 aliphatic carbocycles. The highest BCUT2D eigenvalue weighted by Crippen LogP contribution is 2.42. The largest absolute Gasteiger partial charge is 0.368 e. The van der Waals surface area contributed by atoms with Crippen molar-refractivity contribution in [3.8, 4) is 0 Å². The van der Waals surface area contributed by atoms with Crippen LogP contribution in [0.2, 0.25) is 0 Å². The molecular formula is C17H26N2. The van der Waals surface area contributed by atoms with Crippen LogP contribution in [-0.2, 0) is 6.42 Å². The molecule has 0 amide bonds. The number of para-hydroxylation sites is 1. The molecule has 1 atom stereocenters. The Morgan fingerprint density at radius 2 is 2.00 bits per heavy atom. The van der Waals surface area contributed by atoms with Gasteiger partial charge >= 0.3 is 0 Å². The first-order valence-electron chi connectivity index (χ1n) is 7.73. The number of nitrogens with one attached hydrogen (secondary N) is 1. The summed E-state index contributed by atoms with van der Waals surface area (Å²) in [6.07, 6.45) is 6.81. The summed E-state index contributed by atoms with van der Waals surface area (Å²) in [5.41, 5.74) is 3.52. The van der Waals surface area contributed by atoms with Crippen LogP contribution in [0, 0.1) is 5.41 Å². The Bertz CT molecular complexity index is 435. The van der Waals surface area contributed by atoms with Crippen molar-refractivity contribution < 1.29 is 0 Å². The SMILES string of the molecule is CNCC1(CN2c3ccccc3CC2C)CCCC1. The molecule has 1 aromatic rings. The van der Waals surface area contributed by atoms with Crippen molar-refractivity contribution in [2.45, 2.75) is 45.1 Å². The number of fused-ring (bicyclic) bond motifs is 1. The molecule has 1 aliphatic heterocycles. The lowest BCUT2D eigenvalue weighted by Gasteiger charge is -2.37. The molecule has 1 unspecified atom stereocenters. The van der Waals surface area contributed by atoms with E-state index in [1.54, 1.807) is 0 Å². The highest BCUT2D eigenvalue weighted by atomic mass is 15.2. The Morgan fingerprint density at radius 3 is 2.74 bits per heavy atom. The minimum atomic E-state index is 0.500. The average Bonchev–Trinajstić information content (AvgIpc) is 2.97. The second-order valence-electron chi connectivity index (χ2n) is 6.55. The molecule has 2 heteroatoms. The van der Waals surface area contributed by atoms with E-state index in [1.165, 1.54) is 56.4 Å². The number of hydrogen-bond acceptors (Lipinski definition) is 2. The first kappa shape index (κ1) is 13.0. The van der Waals surface area contributed by atoms with Gasteiger partial charge in [0.1, 0.15) is 0 Å². The van der Waals surface area contributed by atoms with Gasteiger partial charge in [0.05, 0.1) is 0 Å². The molecule has 1 saturated carbocycles. The van der Waals surface area contributed by atoms with Crippen molar-refractivity contribution in [3.63, 3.8) is 0 Å². The standard InChI is InChI=1S/C17H26N2/c1-14-11-15-7-3-4-8-16(15)19(14)13-17(12-18-2)9-5-6-10-17/h3-4,7-8,14,18H,5-6,9-13H2,1-2H3. The van der Waals surface area contributed by atoms with Gasteiger partial charge < -0.3 is 10.2 Å². The fraction of sp³-hybridized carbons (Fsp3) is 0.647. The van der Waals surface area contributed by atoms with Crippen molar-refractivity contribution in [1.29, 1.82) is 0 Å². The van der Waals surface area contributed by atoms with Gasteiger partial charge in [-0.15, -0.1) is 0 Å². The molecule has 0 spiro atoms. The van der Waals surface area contributed by atoms with E-state index in [9.17, 15) is 0 Å². The van der Waals surface area contributed by atoms with E-state index >= 15 is 0 Å². The minimum absolute atomic E-state index is 0.500. The lowest BCUT2D eigenvalue weighted by molar-refractivity contribution is 0.286. The molecule has 2 aliphatic rings. The molecule has 0 radical (unpaired) electrons. The van der Waals surface area contributed by atoms with Gasteiger partial charge in [-0.05, 0) is 44.9 Å². The summed E-state index contributed by atoms with van der Waals surface area (Å²) >= 11 is 0. The van der Waals surface area contributed by atoms with Gasteiger partial charge in [-0.25, -0.2) is 0 Å². The van der Waals surface area contributed by atoms with Gasteiger partial charge in [0.25, 0.3) is 0 Å². The van der Waals surface area contributed by atoms with Crippen molar-refractivity contribution >= 4 is 5.69 Å². The van der Waals surface area contributed by atoms with E-state index in [1.807, 2.05) is 0 Å². The summed E-state index contributed by atoms with van der Waals surface area (Å²) in [7, 11) is 2.10. The van der Waals surface area contributed by atoms with Crippen molar-refractivity contribution in [2.75, 3.05) is 25.0 Å². The van der Waals surface area contributed by atoms with E-state index in [0.717, 1.165) is 0 Å². The van der Waals surface area contributed by atoms with E-state index in [0.29, 0.717) is 11.5 Å². The smallest absolute Gasteiger partial charge is 0.0402 e. The van der Waals surface area contributed by atoms with Crippen LogP contribution in [0.1, 0.15) is 38.2 Å². The molecule has 0 saturated heterocycles. The van der Waals surface area contributed by atoms with E-state index in [4.69, 9.17) is 0 Å². The zero-order valence-corrected chi connectivity index (χ0v) is 12.3. The number of benzene rings is 1. The lowest BCUT2D eigenvalue weighted by Crippen LogP contribution is -2.44. The van der Waals surface area contributed by atoms with Crippen LogP contribution in [0.15, 0.2) is 24.3 Å². The molecule has 1 N–H and O–H groups in total. The zero-order chi connectivity index (χ0) is 13.3. The summed E-state index contributed by atoms with van der Waals surface area (Å²) in [4.78, 5) is 2.66. The van der Waals surface area contributed by atoms with Crippen LogP contribution >= 0.6 is 0 Å². The molecule has 0 bridgehead atoms. The monoisotopic (exact) mass is 258 g/mol. The van der Waals surface area contributed by atoms with Crippen LogP contribution < -0.4 is 10.2 Å². The number of anilines is 1. The molecule has 19 heavy (non-hydrogen) atoms. The number of nitrogens with zero attached hydrogens (tertiary/aromatic N) is 1. The second kappa shape index (κ2) is 5.16. The Balaban J connectivity index is 1.82. The summed E-state index contributed by atoms with van der Waals surface area (Å²) in [6.45, 7) is 4.77. The van der Waals surface area contributed by atoms with Crippen molar-refractivity contribution in [1.82, 2.24) is 5.32 Å². The third-order valence-corrected chi connectivity index (χ3v) is 5.07. The Kier molecular flexibility index (Phi) is 3.53. The summed E-state index contributed by atoms with van der Waals surface area (Å²) in [6, 6.07) is 9.62. The van der Waals surface area contributed by atoms with Crippen LogP contribution in [-0.4, -0.2) is 26.2 Å². The van der Waals surface area contributed by atoms with Gasteiger partial charge in [0.15, 0.2) is 0 Å². The highest BCUT2D eigenvalue weighted by molar-refractivity contribution is 5.59. The molecular weight excluding hydrogens is 232 g/mol. The van der Waals surface area contributed by atoms with Crippen LogP contribution in [0.4, 0.5) is 5.69 Å². The van der Waals surface area contributed by atoms with Crippen LogP contribution in [0.25, 0.3) is 0 Å². The van der Waals surface area contributed by atoms with Crippen molar-refractivity contribution in [3.05, 3.63) is 29.8 Å². The predicted octanol–water partition coefficient (Wildman–Crippen LogP) is 3.22. The highest BCUT2D eigenvalue weighted by Gasteiger charge is 2.38.